The van der Waals surface area contributed by atoms with Gasteiger partial charge in [-0.1, -0.05) is 123 Å². The molecule has 44 heavy (non-hydrogen) atoms. The summed E-state index contributed by atoms with van der Waals surface area (Å²) in [5.74, 6) is 0. The quantitative estimate of drug-likeness (QED) is 0.211. The van der Waals surface area contributed by atoms with E-state index >= 15 is 0 Å². The van der Waals surface area contributed by atoms with Gasteiger partial charge < -0.3 is 14.9 Å². The summed E-state index contributed by atoms with van der Waals surface area (Å²) in [5, 5.41) is 20.3. The Bertz CT molecular complexity index is 1890. The molecule has 0 saturated carbocycles. The van der Waals surface area contributed by atoms with E-state index in [1.54, 1.807) is 0 Å². The Morgan fingerprint density at radius 2 is 1.27 bits per heavy atom. The lowest BCUT2D eigenvalue weighted by atomic mass is 9.77. The summed E-state index contributed by atoms with van der Waals surface area (Å²) in [6, 6.07) is 41.3. The molecule has 0 aromatic heterocycles. The second-order valence-electron chi connectivity index (χ2n) is 12.4. The third-order valence-corrected chi connectivity index (χ3v) is 9.32. The minimum absolute atomic E-state index is 0.0380. The molecule has 4 heteroatoms. The van der Waals surface area contributed by atoms with Crippen molar-refractivity contribution in [3.63, 3.8) is 0 Å². The van der Waals surface area contributed by atoms with E-state index in [2.05, 4.69) is 141 Å². The third kappa shape index (κ3) is 4.91. The van der Waals surface area contributed by atoms with Crippen molar-refractivity contribution >= 4 is 18.5 Å². The molecule has 0 bridgehead atoms. The molecule has 3 nitrogen and oxygen atoms in total. The van der Waals surface area contributed by atoms with Crippen molar-refractivity contribution in [1.29, 1.82) is 0 Å². The van der Waals surface area contributed by atoms with E-state index in [4.69, 9.17) is 0 Å². The summed E-state index contributed by atoms with van der Waals surface area (Å²) < 4.78 is 0. The normalized spacial score (nSPS) is 16.6. The third-order valence-electron chi connectivity index (χ3n) is 9.32. The van der Waals surface area contributed by atoms with Crippen LogP contribution in [0.2, 0.25) is 0 Å². The first-order chi connectivity index (χ1) is 21.3. The Hall–Kier alpha value is -4.64. The molecule has 1 aliphatic heterocycles. The van der Waals surface area contributed by atoms with Gasteiger partial charge in [-0.3, -0.25) is 0 Å². The van der Waals surface area contributed by atoms with Gasteiger partial charge in [-0.2, -0.15) is 0 Å². The number of hydrogen-bond acceptors (Lipinski definition) is 3. The van der Waals surface area contributed by atoms with E-state index in [0.717, 1.165) is 16.9 Å². The zero-order valence-corrected chi connectivity index (χ0v) is 25.4. The Balaban J connectivity index is 1.39. The maximum Gasteiger partial charge on any atom is 0.488 e. The second-order valence-corrected chi connectivity index (χ2v) is 12.4. The van der Waals surface area contributed by atoms with Crippen LogP contribution in [0.4, 0.5) is 11.4 Å². The topological polar surface area (TPSA) is 43.7 Å². The van der Waals surface area contributed by atoms with Crippen molar-refractivity contribution in [2.24, 2.45) is 0 Å². The molecule has 0 fully saturated rings. The van der Waals surface area contributed by atoms with Gasteiger partial charge in [-0.15, -0.1) is 0 Å². The minimum Gasteiger partial charge on any atom is -0.423 e. The van der Waals surface area contributed by atoms with Crippen LogP contribution in [0.3, 0.4) is 0 Å². The van der Waals surface area contributed by atoms with Crippen molar-refractivity contribution in [3.05, 3.63) is 156 Å². The van der Waals surface area contributed by atoms with Crippen LogP contribution in [0.1, 0.15) is 37.5 Å². The van der Waals surface area contributed by atoms with E-state index in [1.807, 2.05) is 18.2 Å². The van der Waals surface area contributed by atoms with E-state index in [0.29, 0.717) is 11.9 Å². The number of fused-ring (bicyclic) bond motifs is 4. The summed E-state index contributed by atoms with van der Waals surface area (Å²) in [6.45, 7) is 6.79. The molecule has 0 radical (unpaired) electrons. The molecule has 1 unspecified atom stereocenters. The van der Waals surface area contributed by atoms with Crippen LogP contribution in [0.25, 0.3) is 33.4 Å². The van der Waals surface area contributed by atoms with E-state index < -0.39 is 7.12 Å². The molecule has 1 atom stereocenters. The summed E-state index contributed by atoms with van der Waals surface area (Å²) in [7, 11) is -1.52. The molecule has 0 saturated heterocycles. The molecule has 5 aromatic carbocycles. The summed E-state index contributed by atoms with van der Waals surface area (Å²) in [6.07, 6.45) is 6.45. The van der Waals surface area contributed by atoms with E-state index in [-0.39, 0.29) is 11.5 Å². The largest absolute Gasteiger partial charge is 0.488 e. The first-order valence-corrected chi connectivity index (χ1v) is 15.4. The second kappa shape index (κ2) is 11.1. The minimum atomic E-state index is -1.52. The zero-order valence-electron chi connectivity index (χ0n) is 25.4. The van der Waals surface area contributed by atoms with Gasteiger partial charge in [-0.05, 0) is 93.2 Å². The number of nitrogens with zero attached hydrogens (tertiary/aromatic N) is 1. The molecule has 0 spiro atoms. The fraction of sp³-hybridized carbons (Fsp3) is 0.150. The summed E-state index contributed by atoms with van der Waals surface area (Å²) in [4.78, 5) is 2.38. The van der Waals surface area contributed by atoms with E-state index in [1.165, 1.54) is 44.5 Å². The van der Waals surface area contributed by atoms with E-state index in [9.17, 15) is 10.0 Å². The Labute approximate surface area is 260 Å². The number of benzene rings is 5. The van der Waals surface area contributed by atoms with Crippen LogP contribution in [0, 0.1) is 0 Å². The van der Waals surface area contributed by atoms with Gasteiger partial charge in [0.15, 0.2) is 0 Å². The van der Waals surface area contributed by atoms with Gasteiger partial charge in [0.25, 0.3) is 0 Å². The lowest BCUT2D eigenvalue weighted by Crippen LogP contribution is -2.28. The Morgan fingerprint density at radius 3 is 1.93 bits per heavy atom. The predicted octanol–water partition coefficient (Wildman–Crippen LogP) is 8.90. The molecule has 216 valence electrons. The zero-order chi connectivity index (χ0) is 30.4. The predicted molar refractivity (Wildman–Crippen MR) is 184 cm³/mol. The highest BCUT2D eigenvalue weighted by Gasteiger charge is 2.37. The van der Waals surface area contributed by atoms with Crippen LogP contribution in [0.15, 0.2) is 139 Å². The van der Waals surface area contributed by atoms with Crippen LogP contribution >= 0.6 is 0 Å². The number of rotatable bonds is 4. The van der Waals surface area contributed by atoms with Crippen molar-refractivity contribution in [1.82, 2.24) is 0 Å². The highest BCUT2D eigenvalue weighted by Crippen LogP contribution is 2.52. The highest BCUT2D eigenvalue weighted by atomic mass is 16.4. The first-order valence-electron chi connectivity index (χ1n) is 15.4. The molecule has 1 heterocycles. The SMILES string of the molecule is CC1C=CC(B(O)O)=CCc2cc3c(cc2N1c1ccc(-c2ccccc2)cc1)-c1ccc(-c2ccccc2)cc1C3(C)C. The summed E-state index contributed by atoms with van der Waals surface area (Å²) >= 11 is 0. The van der Waals surface area contributed by atoms with Crippen LogP contribution in [-0.4, -0.2) is 23.2 Å². The van der Waals surface area contributed by atoms with Crippen molar-refractivity contribution < 1.29 is 10.0 Å². The van der Waals surface area contributed by atoms with Crippen molar-refractivity contribution in [2.75, 3.05) is 4.90 Å². The standard InChI is InChI=1S/C40H36BNO2/c1-27-14-19-33(41(43)44)20-15-32-25-38-36(35-23-18-31(24-37(35)40(38,2)3)29-12-8-5-9-13-29)26-39(32)42(27)34-21-16-30(17-22-34)28-10-6-4-7-11-28/h4-14,16-27,43-44H,15H2,1-3H3. The maximum atomic E-state index is 10.1. The smallest absolute Gasteiger partial charge is 0.423 e. The molecule has 5 aromatic rings. The number of allylic oxidation sites excluding steroid dienone is 3. The highest BCUT2D eigenvalue weighted by molar-refractivity contribution is 6.51. The maximum absolute atomic E-state index is 10.1. The fourth-order valence-corrected chi connectivity index (χ4v) is 6.87. The fourth-order valence-electron chi connectivity index (χ4n) is 6.87. The van der Waals surface area contributed by atoms with Gasteiger partial charge in [0.05, 0.1) is 0 Å². The molecular weight excluding hydrogens is 537 g/mol. The van der Waals surface area contributed by atoms with Crippen LogP contribution in [0.5, 0.6) is 0 Å². The van der Waals surface area contributed by atoms with Gasteiger partial charge in [-0.25, -0.2) is 0 Å². The van der Waals surface area contributed by atoms with Crippen LogP contribution < -0.4 is 4.90 Å². The van der Waals surface area contributed by atoms with Gasteiger partial charge in [0.2, 0.25) is 0 Å². The molecular formula is C40H36BNO2. The average molecular weight is 574 g/mol. The average Bonchev–Trinajstić information content (AvgIpc) is 3.30. The van der Waals surface area contributed by atoms with Gasteiger partial charge in [0, 0.05) is 22.8 Å². The lowest BCUT2D eigenvalue weighted by Gasteiger charge is -2.33. The number of anilines is 2. The Kier molecular flexibility index (Phi) is 7.12. The Morgan fingerprint density at radius 1 is 0.682 bits per heavy atom. The first kappa shape index (κ1) is 28.2. The molecule has 1 aliphatic carbocycles. The van der Waals surface area contributed by atoms with Crippen LogP contribution in [-0.2, 0) is 11.8 Å². The molecule has 2 aliphatic rings. The van der Waals surface area contributed by atoms with Gasteiger partial charge in [0.1, 0.15) is 0 Å². The molecule has 2 N–H and O–H groups in total. The molecule has 7 rings (SSSR count). The molecule has 0 amide bonds. The lowest BCUT2D eigenvalue weighted by molar-refractivity contribution is 0.420. The van der Waals surface area contributed by atoms with Crippen molar-refractivity contribution in [2.45, 2.75) is 38.6 Å². The summed E-state index contributed by atoms with van der Waals surface area (Å²) in [5.41, 5.74) is 13.7. The number of hydrogen-bond donors (Lipinski definition) is 2. The van der Waals surface area contributed by atoms with Gasteiger partial charge >= 0.3 is 7.12 Å². The van der Waals surface area contributed by atoms with Crippen molar-refractivity contribution in [3.8, 4) is 33.4 Å². The monoisotopic (exact) mass is 573 g/mol.